The molecule has 0 radical (unpaired) electrons. The lowest BCUT2D eigenvalue weighted by molar-refractivity contribution is -0.121. The van der Waals surface area contributed by atoms with Gasteiger partial charge >= 0.3 is 0 Å². The zero-order valence-corrected chi connectivity index (χ0v) is 10.9. The highest BCUT2D eigenvalue weighted by Gasteiger charge is 2.13. The predicted octanol–water partition coefficient (Wildman–Crippen LogP) is 0.380. The number of aromatic nitrogens is 3. The van der Waals surface area contributed by atoms with Crippen molar-refractivity contribution in [2.75, 3.05) is 6.54 Å². The Balaban J connectivity index is 2.34. The van der Waals surface area contributed by atoms with Crippen molar-refractivity contribution in [3.05, 3.63) is 12.2 Å². The number of rotatable bonds is 6. The first-order valence-corrected chi connectivity index (χ1v) is 5.87. The van der Waals surface area contributed by atoms with Gasteiger partial charge < -0.3 is 15.2 Å². The second kappa shape index (κ2) is 6.34. The molecule has 1 amide bonds. The molecule has 1 aromatic rings. The highest BCUT2D eigenvalue weighted by atomic mass is 16.1. The molecule has 0 aliphatic carbocycles. The van der Waals surface area contributed by atoms with Crippen molar-refractivity contribution in [2.24, 2.45) is 7.05 Å². The molecule has 2 N–H and O–H groups in total. The summed E-state index contributed by atoms with van der Waals surface area (Å²) in [5.41, 5.74) is 0. The van der Waals surface area contributed by atoms with E-state index < -0.39 is 0 Å². The smallest absolute Gasteiger partial charge is 0.221 e. The molecule has 1 aromatic heterocycles. The molecule has 0 aliphatic rings. The Morgan fingerprint density at radius 2 is 2.18 bits per heavy atom. The molecule has 6 nitrogen and oxygen atoms in total. The Bertz CT molecular complexity index is 360. The maximum atomic E-state index is 11.6. The summed E-state index contributed by atoms with van der Waals surface area (Å²) in [6, 6.07) is 0.285. The van der Waals surface area contributed by atoms with E-state index in [2.05, 4.69) is 34.7 Å². The third kappa shape index (κ3) is 4.52. The Kier molecular flexibility index (Phi) is 5.09. The molecule has 0 bridgehead atoms. The number of hydrogen-bond acceptors (Lipinski definition) is 4. The molecular weight excluding hydrogens is 218 g/mol. The van der Waals surface area contributed by atoms with Gasteiger partial charge in [0, 0.05) is 26.1 Å². The van der Waals surface area contributed by atoms with Crippen molar-refractivity contribution >= 4 is 5.91 Å². The van der Waals surface area contributed by atoms with Crippen LogP contribution in [0.1, 0.15) is 39.1 Å². The average molecular weight is 239 g/mol. The third-order valence-corrected chi connectivity index (χ3v) is 2.42. The van der Waals surface area contributed by atoms with E-state index in [1.54, 1.807) is 10.9 Å². The van der Waals surface area contributed by atoms with E-state index in [-0.39, 0.29) is 11.9 Å². The van der Waals surface area contributed by atoms with Gasteiger partial charge in [-0.3, -0.25) is 4.79 Å². The summed E-state index contributed by atoms with van der Waals surface area (Å²) in [6.45, 7) is 6.70. The molecule has 17 heavy (non-hydrogen) atoms. The van der Waals surface area contributed by atoms with E-state index in [1.807, 2.05) is 14.0 Å². The molecule has 1 rings (SSSR count). The van der Waals surface area contributed by atoms with Gasteiger partial charge in [0.1, 0.15) is 6.33 Å². The lowest BCUT2D eigenvalue weighted by atomic mass is 10.3. The normalized spacial score (nSPS) is 12.8. The van der Waals surface area contributed by atoms with Gasteiger partial charge in [-0.15, -0.1) is 10.2 Å². The van der Waals surface area contributed by atoms with Gasteiger partial charge in [-0.25, -0.2) is 0 Å². The van der Waals surface area contributed by atoms with Crippen molar-refractivity contribution < 1.29 is 4.79 Å². The number of amides is 1. The van der Waals surface area contributed by atoms with Crippen LogP contribution in [0.25, 0.3) is 0 Å². The van der Waals surface area contributed by atoms with Crippen molar-refractivity contribution in [1.82, 2.24) is 25.4 Å². The second-order valence-electron chi connectivity index (χ2n) is 4.45. The number of carbonyl (C=O) groups is 1. The molecule has 0 saturated heterocycles. The van der Waals surface area contributed by atoms with Crippen LogP contribution >= 0.6 is 0 Å². The molecule has 0 saturated carbocycles. The van der Waals surface area contributed by atoms with Gasteiger partial charge in [0.05, 0.1) is 6.04 Å². The SMILES string of the molecule is CC(C)NCCC(=O)NC(C)c1nncn1C. The first-order chi connectivity index (χ1) is 8.00. The minimum Gasteiger partial charge on any atom is -0.346 e. The molecule has 1 heterocycles. The number of nitrogens with zero attached hydrogens (tertiary/aromatic N) is 3. The van der Waals surface area contributed by atoms with Gasteiger partial charge in [-0.2, -0.15) is 0 Å². The van der Waals surface area contributed by atoms with Crippen molar-refractivity contribution in [3.8, 4) is 0 Å². The standard InChI is InChI=1S/C11H21N5O/c1-8(2)12-6-5-10(17)14-9(3)11-15-13-7-16(11)4/h7-9,12H,5-6H2,1-4H3,(H,14,17). The van der Waals surface area contributed by atoms with Crippen LogP contribution in [0.5, 0.6) is 0 Å². The molecule has 1 unspecified atom stereocenters. The minimum atomic E-state index is -0.117. The van der Waals surface area contributed by atoms with E-state index in [1.165, 1.54) is 0 Å². The zero-order chi connectivity index (χ0) is 12.8. The van der Waals surface area contributed by atoms with Crippen LogP contribution in [0.3, 0.4) is 0 Å². The van der Waals surface area contributed by atoms with E-state index in [9.17, 15) is 4.79 Å². The van der Waals surface area contributed by atoms with Crippen LogP contribution in [-0.2, 0) is 11.8 Å². The highest BCUT2D eigenvalue weighted by Crippen LogP contribution is 2.06. The van der Waals surface area contributed by atoms with Crippen LogP contribution < -0.4 is 10.6 Å². The molecule has 0 fully saturated rings. The molecular formula is C11H21N5O. The van der Waals surface area contributed by atoms with Gasteiger partial charge in [0.25, 0.3) is 0 Å². The summed E-state index contributed by atoms with van der Waals surface area (Å²) in [6.07, 6.45) is 2.10. The summed E-state index contributed by atoms with van der Waals surface area (Å²) in [4.78, 5) is 11.6. The Morgan fingerprint density at radius 1 is 1.47 bits per heavy atom. The predicted molar refractivity (Wildman–Crippen MR) is 65.3 cm³/mol. The molecule has 0 spiro atoms. The van der Waals surface area contributed by atoms with Crippen LogP contribution in [0, 0.1) is 0 Å². The summed E-state index contributed by atoms with van der Waals surface area (Å²) < 4.78 is 1.80. The van der Waals surface area contributed by atoms with E-state index in [4.69, 9.17) is 0 Å². The maximum Gasteiger partial charge on any atom is 0.221 e. The Labute approximate surface area is 102 Å². The van der Waals surface area contributed by atoms with E-state index in [0.29, 0.717) is 19.0 Å². The molecule has 6 heteroatoms. The monoisotopic (exact) mass is 239 g/mol. The molecule has 1 atom stereocenters. The lowest BCUT2D eigenvalue weighted by Crippen LogP contribution is -2.32. The van der Waals surface area contributed by atoms with Gasteiger partial charge in [-0.05, 0) is 6.92 Å². The number of aryl methyl sites for hydroxylation is 1. The van der Waals surface area contributed by atoms with E-state index >= 15 is 0 Å². The number of carbonyl (C=O) groups excluding carboxylic acids is 1. The first kappa shape index (κ1) is 13.6. The van der Waals surface area contributed by atoms with Crippen molar-refractivity contribution in [3.63, 3.8) is 0 Å². The minimum absolute atomic E-state index is 0.0219. The van der Waals surface area contributed by atoms with Crippen molar-refractivity contribution in [1.29, 1.82) is 0 Å². The lowest BCUT2D eigenvalue weighted by Gasteiger charge is -2.13. The summed E-state index contributed by atoms with van der Waals surface area (Å²) in [7, 11) is 1.86. The fourth-order valence-corrected chi connectivity index (χ4v) is 1.54. The van der Waals surface area contributed by atoms with Crippen molar-refractivity contribution in [2.45, 2.75) is 39.3 Å². The number of hydrogen-bond donors (Lipinski definition) is 2. The van der Waals surface area contributed by atoms with Crippen LogP contribution in [-0.4, -0.2) is 33.3 Å². The molecule has 0 aliphatic heterocycles. The fraction of sp³-hybridized carbons (Fsp3) is 0.727. The Hall–Kier alpha value is -1.43. The molecule has 96 valence electrons. The summed E-state index contributed by atoms with van der Waals surface area (Å²) >= 11 is 0. The first-order valence-electron chi connectivity index (χ1n) is 5.87. The van der Waals surface area contributed by atoms with Crippen LogP contribution in [0.15, 0.2) is 6.33 Å². The zero-order valence-electron chi connectivity index (χ0n) is 10.9. The van der Waals surface area contributed by atoms with Crippen LogP contribution in [0.2, 0.25) is 0 Å². The maximum absolute atomic E-state index is 11.6. The highest BCUT2D eigenvalue weighted by molar-refractivity contribution is 5.76. The Morgan fingerprint density at radius 3 is 2.71 bits per heavy atom. The quantitative estimate of drug-likeness (QED) is 0.753. The van der Waals surface area contributed by atoms with Gasteiger partial charge in [0.15, 0.2) is 5.82 Å². The third-order valence-electron chi connectivity index (χ3n) is 2.42. The van der Waals surface area contributed by atoms with Gasteiger partial charge in [-0.1, -0.05) is 13.8 Å². The van der Waals surface area contributed by atoms with Gasteiger partial charge in [0.2, 0.25) is 5.91 Å². The summed E-state index contributed by atoms with van der Waals surface area (Å²) in [5, 5.41) is 13.8. The topological polar surface area (TPSA) is 71.8 Å². The number of nitrogens with one attached hydrogen (secondary N) is 2. The average Bonchev–Trinajstić information content (AvgIpc) is 2.63. The van der Waals surface area contributed by atoms with Crippen LogP contribution in [0.4, 0.5) is 0 Å². The largest absolute Gasteiger partial charge is 0.346 e. The second-order valence-corrected chi connectivity index (χ2v) is 4.45. The fourth-order valence-electron chi connectivity index (χ4n) is 1.54. The van der Waals surface area contributed by atoms with E-state index in [0.717, 1.165) is 5.82 Å². The summed E-state index contributed by atoms with van der Waals surface area (Å²) in [5.74, 6) is 0.781. The molecule has 0 aromatic carbocycles.